The number of hydrogen-bond donors (Lipinski definition) is 3. The van der Waals surface area contributed by atoms with Gasteiger partial charge in [-0.05, 0) is 32.6 Å². The third-order valence-corrected chi connectivity index (χ3v) is 2.61. The van der Waals surface area contributed by atoms with Crippen LogP contribution in [0.25, 0.3) is 0 Å². The van der Waals surface area contributed by atoms with E-state index in [4.69, 9.17) is 5.11 Å². The van der Waals surface area contributed by atoms with Gasteiger partial charge in [-0.2, -0.15) is 0 Å². The first-order chi connectivity index (χ1) is 8.86. The van der Waals surface area contributed by atoms with Crippen LogP contribution in [0.3, 0.4) is 0 Å². The second-order valence-electron chi connectivity index (χ2n) is 5.18. The van der Waals surface area contributed by atoms with Crippen molar-refractivity contribution in [3.8, 4) is 0 Å². The van der Waals surface area contributed by atoms with E-state index in [0.717, 1.165) is 12.8 Å². The molecular formula is C12H21N3O4. The van der Waals surface area contributed by atoms with Crippen LogP contribution in [0.5, 0.6) is 0 Å². The van der Waals surface area contributed by atoms with E-state index >= 15 is 0 Å². The average Bonchev–Trinajstić information content (AvgIpc) is 2.97. The molecule has 0 aliphatic heterocycles. The number of nitrogens with one attached hydrogen (secondary N) is 2. The molecule has 0 atom stereocenters. The van der Waals surface area contributed by atoms with Gasteiger partial charge in [-0.3, -0.25) is 19.8 Å². The van der Waals surface area contributed by atoms with Gasteiger partial charge in [-0.25, -0.2) is 4.79 Å². The zero-order valence-electron chi connectivity index (χ0n) is 11.3. The molecule has 0 bridgehead atoms. The largest absolute Gasteiger partial charge is 0.480 e. The van der Waals surface area contributed by atoms with Crippen molar-refractivity contribution in [1.82, 2.24) is 15.5 Å². The number of amides is 3. The summed E-state index contributed by atoms with van der Waals surface area (Å²) in [6, 6.07) is -0.615. The van der Waals surface area contributed by atoms with Gasteiger partial charge in [0.05, 0.1) is 13.1 Å². The Morgan fingerprint density at radius 1 is 1.26 bits per heavy atom. The van der Waals surface area contributed by atoms with Gasteiger partial charge in [0.25, 0.3) is 0 Å². The van der Waals surface area contributed by atoms with Gasteiger partial charge in [-0.1, -0.05) is 0 Å². The molecule has 108 valence electrons. The van der Waals surface area contributed by atoms with Crippen LogP contribution in [0.2, 0.25) is 0 Å². The van der Waals surface area contributed by atoms with Gasteiger partial charge in [0.2, 0.25) is 5.91 Å². The van der Waals surface area contributed by atoms with Crippen molar-refractivity contribution in [3.63, 3.8) is 0 Å². The minimum absolute atomic E-state index is 0.0608. The monoisotopic (exact) mass is 271 g/mol. The van der Waals surface area contributed by atoms with E-state index in [1.54, 1.807) is 18.7 Å². The number of carbonyl (C=O) groups is 3. The van der Waals surface area contributed by atoms with Gasteiger partial charge in [-0.15, -0.1) is 0 Å². The van der Waals surface area contributed by atoms with Crippen molar-refractivity contribution in [2.75, 3.05) is 19.6 Å². The number of carboxylic acids is 1. The zero-order valence-corrected chi connectivity index (χ0v) is 11.3. The molecule has 19 heavy (non-hydrogen) atoms. The molecule has 1 aliphatic carbocycles. The highest BCUT2D eigenvalue weighted by Gasteiger charge is 2.26. The molecule has 1 rings (SSSR count). The number of urea groups is 1. The lowest BCUT2D eigenvalue weighted by molar-refractivity contribution is -0.138. The van der Waals surface area contributed by atoms with E-state index in [0.29, 0.717) is 12.5 Å². The Morgan fingerprint density at radius 2 is 1.89 bits per heavy atom. The lowest BCUT2D eigenvalue weighted by atomic mass is 10.3. The summed E-state index contributed by atoms with van der Waals surface area (Å²) in [5.41, 5.74) is 0. The first-order valence-electron chi connectivity index (χ1n) is 6.41. The minimum Gasteiger partial charge on any atom is -0.480 e. The van der Waals surface area contributed by atoms with Gasteiger partial charge in [0.15, 0.2) is 0 Å². The molecule has 0 unspecified atom stereocenters. The zero-order chi connectivity index (χ0) is 14.4. The van der Waals surface area contributed by atoms with Crippen LogP contribution in [-0.2, 0) is 9.59 Å². The predicted octanol–water partition coefficient (Wildman–Crippen LogP) is 0.0172. The van der Waals surface area contributed by atoms with Crippen molar-refractivity contribution < 1.29 is 19.5 Å². The molecule has 0 saturated heterocycles. The summed E-state index contributed by atoms with van der Waals surface area (Å²) in [5.74, 6) is -0.975. The Balaban J connectivity index is 2.36. The average molecular weight is 271 g/mol. The molecule has 7 nitrogen and oxygen atoms in total. The fraction of sp³-hybridized carbons (Fsp3) is 0.750. The van der Waals surface area contributed by atoms with Crippen LogP contribution in [0, 0.1) is 5.92 Å². The summed E-state index contributed by atoms with van der Waals surface area (Å²) < 4.78 is 0. The van der Waals surface area contributed by atoms with Crippen molar-refractivity contribution >= 4 is 17.9 Å². The molecule has 0 aromatic heterocycles. The van der Waals surface area contributed by atoms with Crippen LogP contribution in [0.1, 0.15) is 26.7 Å². The lowest BCUT2D eigenvalue weighted by Crippen LogP contribution is -2.47. The maximum absolute atomic E-state index is 11.6. The molecule has 7 heteroatoms. The van der Waals surface area contributed by atoms with Crippen molar-refractivity contribution in [1.29, 1.82) is 0 Å². The summed E-state index contributed by atoms with van der Waals surface area (Å²) in [7, 11) is 0. The van der Waals surface area contributed by atoms with Crippen LogP contribution in [-0.4, -0.2) is 53.6 Å². The van der Waals surface area contributed by atoms with Gasteiger partial charge >= 0.3 is 12.0 Å². The molecule has 0 aromatic carbocycles. The highest BCUT2D eigenvalue weighted by molar-refractivity contribution is 5.95. The molecule has 1 saturated carbocycles. The summed E-state index contributed by atoms with van der Waals surface area (Å²) in [4.78, 5) is 35.2. The Morgan fingerprint density at radius 3 is 2.37 bits per heavy atom. The summed E-state index contributed by atoms with van der Waals surface area (Å²) in [6.45, 7) is 3.90. The number of rotatable bonds is 7. The maximum atomic E-state index is 11.6. The fourth-order valence-corrected chi connectivity index (χ4v) is 1.71. The van der Waals surface area contributed by atoms with Gasteiger partial charge in [0.1, 0.15) is 0 Å². The second-order valence-corrected chi connectivity index (χ2v) is 5.18. The minimum atomic E-state index is -0.972. The van der Waals surface area contributed by atoms with E-state index in [2.05, 4.69) is 10.6 Å². The Bertz CT molecular complexity index is 353. The molecule has 0 radical (unpaired) electrons. The Kier molecular flexibility index (Phi) is 5.75. The van der Waals surface area contributed by atoms with Gasteiger partial charge < -0.3 is 10.4 Å². The van der Waals surface area contributed by atoms with Crippen molar-refractivity contribution in [3.05, 3.63) is 0 Å². The number of nitrogens with zero attached hydrogens (tertiary/aromatic N) is 1. The van der Waals surface area contributed by atoms with Crippen LogP contribution in [0.15, 0.2) is 0 Å². The van der Waals surface area contributed by atoms with Crippen molar-refractivity contribution in [2.45, 2.75) is 32.7 Å². The Labute approximate surface area is 112 Å². The maximum Gasteiger partial charge on any atom is 0.321 e. The van der Waals surface area contributed by atoms with E-state index in [-0.39, 0.29) is 19.1 Å². The quantitative estimate of drug-likeness (QED) is 0.606. The van der Waals surface area contributed by atoms with Crippen LogP contribution >= 0.6 is 0 Å². The summed E-state index contributed by atoms with van der Waals surface area (Å²) in [6.07, 6.45) is 2.15. The molecule has 3 N–H and O–H groups in total. The number of carboxylic acid groups (broad SMARTS) is 1. The molecule has 0 heterocycles. The van der Waals surface area contributed by atoms with E-state index in [9.17, 15) is 14.4 Å². The smallest absolute Gasteiger partial charge is 0.321 e. The SMILES string of the molecule is CC(C)NC(=O)NC(=O)CN(CC(=O)O)CC1CC1. The molecule has 0 aromatic rings. The number of carbonyl (C=O) groups excluding carboxylic acids is 2. The first kappa shape index (κ1) is 15.4. The molecule has 3 amide bonds. The number of hydrogen-bond acceptors (Lipinski definition) is 4. The standard InChI is InChI=1S/C12H21N3O4/c1-8(2)13-12(19)14-10(16)6-15(7-11(17)18)5-9-3-4-9/h8-9H,3-7H2,1-2H3,(H,17,18)(H2,13,14,16,19). The van der Waals surface area contributed by atoms with Crippen LogP contribution in [0.4, 0.5) is 4.79 Å². The summed E-state index contributed by atoms with van der Waals surface area (Å²) in [5, 5.41) is 13.5. The number of aliphatic carboxylic acids is 1. The number of imide groups is 1. The molecular weight excluding hydrogens is 250 g/mol. The van der Waals surface area contributed by atoms with E-state index < -0.39 is 17.9 Å². The third kappa shape index (κ3) is 7.40. The highest BCUT2D eigenvalue weighted by atomic mass is 16.4. The first-order valence-corrected chi connectivity index (χ1v) is 6.41. The predicted molar refractivity (Wildman–Crippen MR) is 68.6 cm³/mol. The van der Waals surface area contributed by atoms with E-state index in [1.165, 1.54) is 0 Å². The second kappa shape index (κ2) is 7.08. The normalized spacial score (nSPS) is 14.5. The van der Waals surface area contributed by atoms with Gasteiger partial charge in [0, 0.05) is 12.6 Å². The fourth-order valence-electron chi connectivity index (χ4n) is 1.71. The third-order valence-electron chi connectivity index (χ3n) is 2.61. The van der Waals surface area contributed by atoms with Crippen molar-refractivity contribution in [2.24, 2.45) is 5.92 Å². The van der Waals surface area contributed by atoms with E-state index in [1.807, 2.05) is 0 Å². The topological polar surface area (TPSA) is 98.7 Å². The molecule has 1 aliphatic rings. The lowest BCUT2D eigenvalue weighted by Gasteiger charge is -2.19. The molecule has 1 fully saturated rings. The van der Waals surface area contributed by atoms with Crippen LogP contribution < -0.4 is 10.6 Å². The summed E-state index contributed by atoms with van der Waals surface area (Å²) >= 11 is 0. The Hall–Kier alpha value is -1.63. The molecule has 0 spiro atoms. The highest BCUT2D eigenvalue weighted by Crippen LogP contribution is 2.29.